The molecule has 2 aromatic carbocycles. The molecule has 5 rings (SSSR count). The fraction of sp³-hybridized carbons (Fsp3) is 0.333. The number of piperidine rings is 1. The van der Waals surface area contributed by atoms with Crippen LogP contribution in [0.4, 0.5) is 0 Å². The van der Waals surface area contributed by atoms with Gasteiger partial charge in [0.15, 0.2) is 0 Å². The molecule has 180 valence electrons. The molecule has 3 heterocycles. The predicted octanol–water partition coefficient (Wildman–Crippen LogP) is 4.07. The van der Waals surface area contributed by atoms with Gasteiger partial charge in [-0.05, 0) is 35.9 Å². The van der Waals surface area contributed by atoms with Crippen LogP contribution < -0.4 is 5.56 Å². The molecule has 8 heteroatoms. The summed E-state index contributed by atoms with van der Waals surface area (Å²) >= 11 is 1.14. The van der Waals surface area contributed by atoms with E-state index in [-0.39, 0.29) is 23.9 Å². The molecule has 0 radical (unpaired) electrons. The van der Waals surface area contributed by atoms with Gasteiger partial charge in [-0.25, -0.2) is 4.98 Å². The van der Waals surface area contributed by atoms with Crippen molar-refractivity contribution >= 4 is 27.7 Å². The number of aliphatic hydroxyl groups is 1. The van der Waals surface area contributed by atoms with Crippen molar-refractivity contribution in [2.24, 2.45) is 0 Å². The van der Waals surface area contributed by atoms with Crippen molar-refractivity contribution in [3.8, 4) is 11.3 Å². The van der Waals surface area contributed by atoms with Gasteiger partial charge in [-0.15, -0.1) is 0 Å². The zero-order chi connectivity index (χ0) is 24.4. The molecule has 35 heavy (non-hydrogen) atoms. The molecule has 1 amide bonds. The minimum Gasteiger partial charge on any atom is -0.388 e. The largest absolute Gasteiger partial charge is 0.388 e. The lowest BCUT2D eigenvalue weighted by Crippen LogP contribution is -2.49. The maximum Gasteiger partial charge on any atom is 0.273 e. The molecule has 1 saturated heterocycles. The van der Waals surface area contributed by atoms with E-state index >= 15 is 0 Å². The summed E-state index contributed by atoms with van der Waals surface area (Å²) in [4.78, 5) is 32.3. The van der Waals surface area contributed by atoms with Crippen molar-refractivity contribution in [3.05, 3.63) is 82.9 Å². The Morgan fingerprint density at radius 2 is 1.74 bits per heavy atom. The highest BCUT2D eigenvalue weighted by molar-refractivity contribution is 7.13. The van der Waals surface area contributed by atoms with Gasteiger partial charge in [0.25, 0.3) is 5.56 Å². The van der Waals surface area contributed by atoms with Gasteiger partial charge in [-0.3, -0.25) is 14.2 Å². The number of aromatic nitrogens is 3. The van der Waals surface area contributed by atoms with Crippen LogP contribution in [0.2, 0.25) is 0 Å². The number of hydrogen-bond donors (Lipinski definition) is 1. The van der Waals surface area contributed by atoms with Crippen molar-refractivity contribution in [1.82, 2.24) is 18.8 Å². The third kappa shape index (κ3) is 4.90. The average Bonchev–Trinajstić information content (AvgIpc) is 3.32. The molecule has 1 atom stereocenters. The van der Waals surface area contributed by atoms with Crippen molar-refractivity contribution in [1.29, 1.82) is 0 Å². The minimum absolute atomic E-state index is 0.0988. The van der Waals surface area contributed by atoms with E-state index < -0.39 is 5.60 Å². The zero-order valence-electron chi connectivity index (χ0n) is 19.6. The number of benzene rings is 2. The highest BCUT2D eigenvalue weighted by Crippen LogP contribution is 2.29. The van der Waals surface area contributed by atoms with E-state index in [9.17, 15) is 14.7 Å². The number of nitrogens with zero attached hydrogens (tertiary/aromatic N) is 4. The molecule has 0 unspecified atom stereocenters. The highest BCUT2D eigenvalue weighted by atomic mass is 32.1. The number of fused-ring (bicyclic) bond motifs is 1. The molecule has 0 saturated carbocycles. The fourth-order valence-corrected chi connectivity index (χ4v) is 5.50. The first-order valence-electron chi connectivity index (χ1n) is 11.9. The van der Waals surface area contributed by atoms with Crippen LogP contribution in [-0.4, -0.2) is 48.5 Å². The monoisotopic (exact) mass is 488 g/mol. The van der Waals surface area contributed by atoms with Crippen molar-refractivity contribution in [2.45, 2.75) is 44.2 Å². The van der Waals surface area contributed by atoms with Crippen molar-refractivity contribution < 1.29 is 9.90 Å². The van der Waals surface area contributed by atoms with E-state index in [2.05, 4.69) is 16.3 Å². The molecule has 0 aliphatic carbocycles. The van der Waals surface area contributed by atoms with Crippen LogP contribution >= 0.6 is 11.5 Å². The second-order valence-electron chi connectivity index (χ2n) is 9.37. The van der Waals surface area contributed by atoms with Gasteiger partial charge in [0.1, 0.15) is 15.9 Å². The molecule has 4 aromatic rings. The topological polar surface area (TPSA) is 88.3 Å². The third-order valence-corrected chi connectivity index (χ3v) is 7.68. The van der Waals surface area contributed by atoms with Crippen LogP contribution in [-0.2, 0) is 11.3 Å². The molecule has 7 nitrogen and oxygen atoms in total. The van der Waals surface area contributed by atoms with Gasteiger partial charge in [-0.2, -0.15) is 4.37 Å². The Hall–Kier alpha value is -3.36. The molecule has 1 fully saturated rings. The maximum absolute atomic E-state index is 13.1. The smallest absolute Gasteiger partial charge is 0.273 e. The van der Waals surface area contributed by atoms with E-state index in [4.69, 9.17) is 0 Å². The van der Waals surface area contributed by atoms with Gasteiger partial charge < -0.3 is 10.0 Å². The average molecular weight is 489 g/mol. The first-order chi connectivity index (χ1) is 16.9. The number of amides is 1. The standard InChI is InChI=1S/C27H28N4O3S/c1-19(20-8-4-2-5-9-20)16-22(32)30-14-12-27(34,13-15-30)17-31-18-28-24-23(21-10-6-3-7-11-21)29-35-25(24)26(31)33/h2-11,18-19,34H,12-17H2,1H3/t19-/m0/s1. The molecule has 1 aliphatic rings. The Balaban J connectivity index is 1.25. The first kappa shape index (κ1) is 23.4. The van der Waals surface area contributed by atoms with E-state index in [1.165, 1.54) is 10.9 Å². The normalized spacial score (nSPS) is 16.3. The molecular weight excluding hydrogens is 460 g/mol. The van der Waals surface area contributed by atoms with E-state index in [0.717, 1.165) is 22.7 Å². The van der Waals surface area contributed by atoms with E-state index in [1.807, 2.05) is 65.6 Å². The van der Waals surface area contributed by atoms with Crippen LogP contribution in [0, 0.1) is 0 Å². The van der Waals surface area contributed by atoms with Crippen LogP contribution in [0.3, 0.4) is 0 Å². The van der Waals surface area contributed by atoms with Gasteiger partial charge in [0.05, 0.1) is 18.5 Å². The first-order valence-corrected chi connectivity index (χ1v) is 12.7. The number of carbonyl (C=O) groups excluding carboxylic acids is 1. The summed E-state index contributed by atoms with van der Waals surface area (Å²) in [5.41, 5.74) is 2.09. The Bertz CT molecular complexity index is 1380. The lowest BCUT2D eigenvalue weighted by molar-refractivity contribution is -0.136. The van der Waals surface area contributed by atoms with Gasteiger partial charge in [-0.1, -0.05) is 67.6 Å². The van der Waals surface area contributed by atoms with E-state index in [1.54, 1.807) is 0 Å². The lowest BCUT2D eigenvalue weighted by atomic mass is 9.90. The summed E-state index contributed by atoms with van der Waals surface area (Å²) in [7, 11) is 0. The zero-order valence-corrected chi connectivity index (χ0v) is 20.4. The Morgan fingerprint density at radius 3 is 2.43 bits per heavy atom. The predicted molar refractivity (Wildman–Crippen MR) is 137 cm³/mol. The van der Waals surface area contributed by atoms with Crippen molar-refractivity contribution in [3.63, 3.8) is 0 Å². The van der Waals surface area contributed by atoms with Crippen LogP contribution in [0.1, 0.15) is 37.7 Å². The van der Waals surface area contributed by atoms with E-state index in [0.29, 0.717) is 48.3 Å². The van der Waals surface area contributed by atoms with Crippen LogP contribution in [0.25, 0.3) is 21.5 Å². The van der Waals surface area contributed by atoms with Gasteiger partial charge in [0.2, 0.25) is 5.91 Å². The Kier molecular flexibility index (Phi) is 6.49. The van der Waals surface area contributed by atoms with Crippen molar-refractivity contribution in [2.75, 3.05) is 13.1 Å². The second kappa shape index (κ2) is 9.71. The van der Waals surface area contributed by atoms with Gasteiger partial charge in [0, 0.05) is 25.1 Å². The summed E-state index contributed by atoms with van der Waals surface area (Å²) in [5, 5.41) is 11.2. The Labute approximate surface area is 207 Å². The second-order valence-corrected chi connectivity index (χ2v) is 10.1. The third-order valence-electron chi connectivity index (χ3n) is 6.86. The molecule has 1 N–H and O–H groups in total. The summed E-state index contributed by atoms with van der Waals surface area (Å²) < 4.78 is 6.43. The minimum atomic E-state index is -1.06. The SMILES string of the molecule is C[C@@H](CC(=O)N1CCC(O)(Cn2cnc3c(-c4ccccc4)nsc3c2=O)CC1)c1ccccc1. The maximum atomic E-state index is 13.1. The quantitative estimate of drug-likeness (QED) is 0.442. The number of hydrogen-bond acceptors (Lipinski definition) is 6. The molecule has 1 aliphatic heterocycles. The summed E-state index contributed by atoms with van der Waals surface area (Å²) in [6.07, 6.45) is 2.78. The Morgan fingerprint density at radius 1 is 1.09 bits per heavy atom. The summed E-state index contributed by atoms with van der Waals surface area (Å²) in [6, 6.07) is 19.7. The number of likely N-dealkylation sites (tertiary alicyclic amines) is 1. The molecule has 2 aromatic heterocycles. The van der Waals surface area contributed by atoms with Gasteiger partial charge >= 0.3 is 0 Å². The lowest BCUT2D eigenvalue weighted by Gasteiger charge is -2.38. The van der Waals surface area contributed by atoms with Crippen LogP contribution in [0.15, 0.2) is 71.8 Å². The summed E-state index contributed by atoms with van der Waals surface area (Å²) in [5.74, 6) is 0.239. The molecule has 0 spiro atoms. The number of carbonyl (C=O) groups is 1. The summed E-state index contributed by atoms with van der Waals surface area (Å²) in [6.45, 7) is 3.15. The highest BCUT2D eigenvalue weighted by Gasteiger charge is 2.35. The molecule has 0 bridgehead atoms. The number of rotatable bonds is 6. The molecular formula is C27H28N4O3S. The van der Waals surface area contributed by atoms with Crippen LogP contribution in [0.5, 0.6) is 0 Å². The fourth-order valence-electron chi connectivity index (χ4n) is 4.69.